The Labute approximate surface area is 177 Å². The van der Waals surface area contributed by atoms with Crippen LogP contribution in [0.15, 0.2) is 59.5 Å². The van der Waals surface area contributed by atoms with E-state index in [2.05, 4.69) is 22.8 Å². The summed E-state index contributed by atoms with van der Waals surface area (Å²) in [6.07, 6.45) is 6.13. The van der Waals surface area contributed by atoms with Crippen LogP contribution >= 0.6 is 11.8 Å². The number of thioether (sulfide) groups is 1. The molecule has 0 heterocycles. The molecule has 0 saturated heterocycles. The molecule has 0 radical (unpaired) electrons. The van der Waals surface area contributed by atoms with E-state index in [9.17, 15) is 9.59 Å². The molecule has 29 heavy (non-hydrogen) atoms. The minimum atomic E-state index is -0.198. The number of rotatable bonds is 7. The van der Waals surface area contributed by atoms with Gasteiger partial charge in [-0.15, -0.1) is 11.8 Å². The summed E-state index contributed by atoms with van der Waals surface area (Å²) in [6.45, 7) is 3.44. The van der Waals surface area contributed by atoms with Crippen LogP contribution in [0.1, 0.15) is 57.6 Å². The minimum Gasteiger partial charge on any atom is -0.348 e. The SMILES string of the molecule is CC(=O)Nc1ccc(SC(C)C(=O)NC(c2ccccc2)C2CCCCC2)cc1. The van der Waals surface area contributed by atoms with E-state index in [1.54, 1.807) is 0 Å². The maximum absolute atomic E-state index is 13.0. The van der Waals surface area contributed by atoms with Gasteiger partial charge in [0.2, 0.25) is 11.8 Å². The molecular weight excluding hydrogens is 380 g/mol. The van der Waals surface area contributed by atoms with E-state index >= 15 is 0 Å². The summed E-state index contributed by atoms with van der Waals surface area (Å²) < 4.78 is 0. The number of carbonyl (C=O) groups is 2. The van der Waals surface area contributed by atoms with Gasteiger partial charge in [0.1, 0.15) is 0 Å². The van der Waals surface area contributed by atoms with Crippen molar-refractivity contribution in [2.75, 3.05) is 5.32 Å². The van der Waals surface area contributed by atoms with Gasteiger partial charge in [0.25, 0.3) is 0 Å². The predicted molar refractivity (Wildman–Crippen MR) is 120 cm³/mol. The summed E-state index contributed by atoms with van der Waals surface area (Å²) in [5.74, 6) is 0.484. The summed E-state index contributed by atoms with van der Waals surface area (Å²) >= 11 is 1.54. The number of benzene rings is 2. The van der Waals surface area contributed by atoms with Crippen molar-refractivity contribution in [3.8, 4) is 0 Å². The van der Waals surface area contributed by atoms with Crippen molar-refractivity contribution in [1.82, 2.24) is 5.32 Å². The van der Waals surface area contributed by atoms with E-state index in [1.165, 1.54) is 56.4 Å². The molecule has 0 spiro atoms. The Balaban J connectivity index is 1.64. The fraction of sp³-hybridized carbons (Fsp3) is 0.417. The molecule has 0 aliphatic heterocycles. The van der Waals surface area contributed by atoms with Crippen molar-refractivity contribution in [2.24, 2.45) is 5.92 Å². The zero-order valence-electron chi connectivity index (χ0n) is 17.2. The summed E-state index contributed by atoms with van der Waals surface area (Å²) in [6, 6.07) is 18.0. The third-order valence-electron chi connectivity index (χ3n) is 5.43. The van der Waals surface area contributed by atoms with Crippen LogP contribution in [0.5, 0.6) is 0 Å². The van der Waals surface area contributed by atoms with E-state index < -0.39 is 0 Å². The van der Waals surface area contributed by atoms with Crippen LogP contribution in [0.3, 0.4) is 0 Å². The molecule has 4 nitrogen and oxygen atoms in total. The lowest BCUT2D eigenvalue weighted by Crippen LogP contribution is -2.38. The van der Waals surface area contributed by atoms with E-state index in [4.69, 9.17) is 0 Å². The van der Waals surface area contributed by atoms with Crippen molar-refractivity contribution in [3.05, 3.63) is 60.2 Å². The first-order valence-corrected chi connectivity index (χ1v) is 11.3. The van der Waals surface area contributed by atoms with E-state index in [-0.39, 0.29) is 23.1 Å². The van der Waals surface area contributed by atoms with Crippen molar-refractivity contribution in [3.63, 3.8) is 0 Å². The number of anilines is 1. The molecule has 1 aliphatic rings. The largest absolute Gasteiger partial charge is 0.348 e. The molecule has 1 saturated carbocycles. The van der Waals surface area contributed by atoms with Crippen LogP contribution in [0.25, 0.3) is 0 Å². The van der Waals surface area contributed by atoms with Crippen molar-refractivity contribution in [1.29, 1.82) is 0 Å². The van der Waals surface area contributed by atoms with Gasteiger partial charge in [-0.2, -0.15) is 0 Å². The summed E-state index contributed by atoms with van der Waals surface area (Å²) in [4.78, 5) is 25.2. The normalized spacial score (nSPS) is 16.6. The number of carbonyl (C=O) groups excluding carboxylic acids is 2. The second-order valence-corrected chi connectivity index (χ2v) is 9.17. The first-order valence-electron chi connectivity index (χ1n) is 10.4. The Morgan fingerprint density at radius 3 is 2.24 bits per heavy atom. The summed E-state index contributed by atoms with van der Waals surface area (Å²) in [5.41, 5.74) is 1.96. The van der Waals surface area contributed by atoms with Crippen molar-refractivity contribution >= 4 is 29.3 Å². The van der Waals surface area contributed by atoms with Gasteiger partial charge in [-0.1, -0.05) is 49.6 Å². The maximum Gasteiger partial charge on any atom is 0.233 e. The minimum absolute atomic E-state index is 0.0698. The Morgan fingerprint density at radius 2 is 1.62 bits per heavy atom. The molecule has 1 fully saturated rings. The highest BCUT2D eigenvalue weighted by molar-refractivity contribution is 8.00. The Bertz CT molecular complexity index is 801. The zero-order chi connectivity index (χ0) is 20.6. The van der Waals surface area contributed by atoms with E-state index in [0.29, 0.717) is 5.92 Å². The topological polar surface area (TPSA) is 58.2 Å². The smallest absolute Gasteiger partial charge is 0.233 e. The van der Waals surface area contributed by atoms with Crippen molar-refractivity contribution < 1.29 is 9.59 Å². The summed E-state index contributed by atoms with van der Waals surface area (Å²) in [5, 5.41) is 5.91. The second kappa shape index (κ2) is 10.5. The molecule has 2 amide bonds. The van der Waals surface area contributed by atoms with E-state index in [1.807, 2.05) is 49.4 Å². The monoisotopic (exact) mass is 410 g/mol. The fourth-order valence-electron chi connectivity index (χ4n) is 3.95. The summed E-state index contributed by atoms with van der Waals surface area (Å²) in [7, 11) is 0. The third kappa shape index (κ3) is 6.36. The van der Waals surface area contributed by atoms with Gasteiger partial charge in [-0.05, 0) is 55.5 Å². The highest BCUT2D eigenvalue weighted by Crippen LogP contribution is 2.35. The quantitative estimate of drug-likeness (QED) is 0.587. The van der Waals surface area contributed by atoms with Crippen LogP contribution in [0.4, 0.5) is 5.69 Å². The van der Waals surface area contributed by atoms with Gasteiger partial charge in [0.05, 0.1) is 11.3 Å². The van der Waals surface area contributed by atoms with Gasteiger partial charge in [0.15, 0.2) is 0 Å². The van der Waals surface area contributed by atoms with Crippen LogP contribution < -0.4 is 10.6 Å². The molecule has 3 rings (SSSR count). The maximum atomic E-state index is 13.0. The van der Waals surface area contributed by atoms with Gasteiger partial charge >= 0.3 is 0 Å². The number of amides is 2. The fourth-order valence-corrected chi connectivity index (χ4v) is 4.83. The van der Waals surface area contributed by atoms with Gasteiger partial charge < -0.3 is 10.6 Å². The predicted octanol–water partition coefficient (Wildman–Crippen LogP) is 5.56. The van der Waals surface area contributed by atoms with Gasteiger partial charge in [-0.3, -0.25) is 9.59 Å². The van der Waals surface area contributed by atoms with Crippen LogP contribution in [0, 0.1) is 5.92 Å². The lowest BCUT2D eigenvalue weighted by atomic mass is 9.81. The van der Waals surface area contributed by atoms with Crippen molar-refractivity contribution in [2.45, 2.75) is 62.1 Å². The molecular formula is C24H30N2O2S. The molecule has 0 bridgehead atoms. The number of hydrogen-bond donors (Lipinski definition) is 2. The molecule has 154 valence electrons. The molecule has 2 aromatic carbocycles. The molecule has 0 aromatic heterocycles. The van der Waals surface area contributed by atoms with Gasteiger partial charge in [0, 0.05) is 17.5 Å². The highest BCUT2D eigenvalue weighted by Gasteiger charge is 2.28. The molecule has 2 N–H and O–H groups in total. The first kappa shape index (κ1) is 21.4. The molecule has 1 aliphatic carbocycles. The van der Waals surface area contributed by atoms with Crippen LogP contribution in [-0.4, -0.2) is 17.1 Å². The lowest BCUT2D eigenvalue weighted by molar-refractivity contribution is -0.121. The lowest BCUT2D eigenvalue weighted by Gasteiger charge is -2.32. The first-order chi connectivity index (χ1) is 14.0. The van der Waals surface area contributed by atoms with Crippen LogP contribution in [-0.2, 0) is 9.59 Å². The highest BCUT2D eigenvalue weighted by atomic mass is 32.2. The van der Waals surface area contributed by atoms with Gasteiger partial charge in [-0.25, -0.2) is 0 Å². The average Bonchev–Trinajstić information content (AvgIpc) is 2.74. The molecule has 2 unspecified atom stereocenters. The van der Waals surface area contributed by atoms with Crippen LogP contribution in [0.2, 0.25) is 0 Å². The standard InChI is InChI=1S/C24H30N2O2S/c1-17(29-22-15-13-21(14-16-22)25-18(2)27)24(28)26-23(19-9-5-3-6-10-19)20-11-7-4-8-12-20/h3,5-6,9-10,13-17,20,23H,4,7-8,11-12H2,1-2H3,(H,25,27)(H,26,28). The van der Waals surface area contributed by atoms with E-state index in [0.717, 1.165) is 10.6 Å². The second-order valence-electron chi connectivity index (χ2n) is 7.76. The number of hydrogen-bond acceptors (Lipinski definition) is 3. The Morgan fingerprint density at radius 1 is 0.966 bits per heavy atom. The molecule has 5 heteroatoms. The number of nitrogens with one attached hydrogen (secondary N) is 2. The molecule has 2 aromatic rings. The Kier molecular flexibility index (Phi) is 7.76. The molecule has 2 atom stereocenters. The average molecular weight is 411 g/mol. The zero-order valence-corrected chi connectivity index (χ0v) is 18.0. The third-order valence-corrected chi connectivity index (χ3v) is 6.55. The Hall–Kier alpha value is -2.27.